The number of carbonyl (C=O) groups is 2. The summed E-state index contributed by atoms with van der Waals surface area (Å²) in [5, 5.41) is 9.49. The molecule has 0 spiro atoms. The van der Waals surface area contributed by atoms with Crippen molar-refractivity contribution in [3.63, 3.8) is 0 Å². The van der Waals surface area contributed by atoms with Gasteiger partial charge in [-0.05, 0) is 13.3 Å². The zero-order chi connectivity index (χ0) is 15.2. The molecule has 1 aromatic rings. The predicted molar refractivity (Wildman–Crippen MR) is 83.0 cm³/mol. The Hall–Kier alpha value is -1.35. The van der Waals surface area contributed by atoms with Crippen molar-refractivity contribution in [1.82, 2.24) is 14.3 Å². The molecular weight excluding hydrogens is 312 g/mol. The van der Waals surface area contributed by atoms with Gasteiger partial charge in [0.05, 0.1) is 11.5 Å². The largest absolute Gasteiger partial charge is 0.481 e. The number of amides is 1. The molecule has 0 aromatic carbocycles. The van der Waals surface area contributed by atoms with Crippen molar-refractivity contribution < 1.29 is 14.7 Å². The maximum absolute atomic E-state index is 12.0. The van der Waals surface area contributed by atoms with Gasteiger partial charge in [-0.15, -0.1) is 11.8 Å². The summed E-state index contributed by atoms with van der Waals surface area (Å²) in [5.41, 5.74) is 0. The van der Waals surface area contributed by atoms with Crippen molar-refractivity contribution in [1.29, 1.82) is 0 Å². The lowest BCUT2D eigenvalue weighted by molar-refractivity contribution is -0.133. The van der Waals surface area contributed by atoms with E-state index in [1.807, 2.05) is 11.8 Å². The Labute approximate surface area is 131 Å². The van der Waals surface area contributed by atoms with E-state index >= 15 is 0 Å². The van der Waals surface area contributed by atoms with E-state index in [0.29, 0.717) is 13.1 Å². The molecule has 1 amide bonds. The van der Waals surface area contributed by atoms with Gasteiger partial charge in [-0.25, -0.2) is 4.98 Å². The first-order chi connectivity index (χ1) is 10.1. The second-order valence-corrected chi connectivity index (χ2v) is 6.45. The van der Waals surface area contributed by atoms with Crippen LogP contribution in [0.4, 0.5) is 5.13 Å². The number of aromatic nitrogens is 2. The quantitative estimate of drug-likeness (QED) is 0.850. The van der Waals surface area contributed by atoms with Crippen molar-refractivity contribution in [2.45, 2.75) is 13.3 Å². The third-order valence-corrected chi connectivity index (χ3v) is 4.86. The van der Waals surface area contributed by atoms with E-state index in [1.165, 1.54) is 11.5 Å². The van der Waals surface area contributed by atoms with Crippen LogP contribution in [0.25, 0.3) is 0 Å². The van der Waals surface area contributed by atoms with Gasteiger partial charge in [0.25, 0.3) is 0 Å². The SMILES string of the molecule is Cc1nsc(N2CCCN(C(=O)CSCC(=O)O)CC2)n1. The van der Waals surface area contributed by atoms with Gasteiger partial charge in [-0.1, -0.05) is 0 Å². The predicted octanol–water partition coefficient (Wildman–Crippen LogP) is 0.703. The number of anilines is 1. The third-order valence-electron chi connectivity index (χ3n) is 3.09. The van der Waals surface area contributed by atoms with E-state index in [-0.39, 0.29) is 17.4 Å². The molecule has 9 heteroatoms. The molecule has 116 valence electrons. The number of carboxylic acid groups (broad SMARTS) is 1. The van der Waals surface area contributed by atoms with Crippen LogP contribution in [0.5, 0.6) is 0 Å². The molecule has 0 radical (unpaired) electrons. The third kappa shape index (κ3) is 4.85. The van der Waals surface area contributed by atoms with Crippen molar-refractivity contribution in [2.75, 3.05) is 42.6 Å². The first-order valence-electron chi connectivity index (χ1n) is 6.69. The van der Waals surface area contributed by atoms with Crippen LogP contribution in [0.15, 0.2) is 0 Å². The normalized spacial score (nSPS) is 15.9. The summed E-state index contributed by atoms with van der Waals surface area (Å²) in [5.74, 6) is 0.0928. The Morgan fingerprint density at radius 3 is 2.76 bits per heavy atom. The zero-order valence-electron chi connectivity index (χ0n) is 11.8. The van der Waals surface area contributed by atoms with Crippen LogP contribution in [0.3, 0.4) is 0 Å². The summed E-state index contributed by atoms with van der Waals surface area (Å²) < 4.78 is 4.18. The van der Waals surface area contributed by atoms with Crippen molar-refractivity contribution in [3.05, 3.63) is 5.82 Å². The van der Waals surface area contributed by atoms with Crippen LogP contribution in [0.2, 0.25) is 0 Å². The lowest BCUT2D eigenvalue weighted by Gasteiger charge is -2.21. The summed E-state index contributed by atoms with van der Waals surface area (Å²) in [6, 6.07) is 0. The smallest absolute Gasteiger partial charge is 0.313 e. The minimum atomic E-state index is -0.888. The summed E-state index contributed by atoms with van der Waals surface area (Å²) in [6.07, 6.45) is 0.883. The molecule has 0 saturated carbocycles. The molecule has 1 saturated heterocycles. The first-order valence-corrected chi connectivity index (χ1v) is 8.61. The topological polar surface area (TPSA) is 86.6 Å². The Morgan fingerprint density at radius 1 is 1.29 bits per heavy atom. The molecule has 0 atom stereocenters. The van der Waals surface area contributed by atoms with E-state index in [0.717, 1.165) is 42.2 Å². The highest BCUT2D eigenvalue weighted by molar-refractivity contribution is 8.00. The number of rotatable bonds is 5. The summed E-state index contributed by atoms with van der Waals surface area (Å²) in [4.78, 5) is 30.8. The molecule has 0 unspecified atom stereocenters. The fraction of sp³-hybridized carbons (Fsp3) is 0.667. The molecule has 1 aromatic heterocycles. The number of nitrogens with zero attached hydrogens (tertiary/aromatic N) is 4. The van der Waals surface area contributed by atoms with E-state index in [2.05, 4.69) is 14.3 Å². The number of hydrogen-bond donors (Lipinski definition) is 1. The zero-order valence-corrected chi connectivity index (χ0v) is 13.5. The second-order valence-electron chi connectivity index (χ2n) is 4.73. The van der Waals surface area contributed by atoms with Crippen LogP contribution in [-0.4, -0.2) is 68.9 Å². The Morgan fingerprint density at radius 2 is 2.10 bits per heavy atom. The molecule has 2 rings (SSSR count). The maximum Gasteiger partial charge on any atom is 0.313 e. The number of carbonyl (C=O) groups excluding carboxylic acids is 1. The van der Waals surface area contributed by atoms with Crippen LogP contribution in [0, 0.1) is 6.92 Å². The van der Waals surface area contributed by atoms with Crippen LogP contribution in [-0.2, 0) is 9.59 Å². The van der Waals surface area contributed by atoms with Gasteiger partial charge < -0.3 is 14.9 Å². The molecule has 1 aliphatic rings. The molecule has 0 bridgehead atoms. The van der Waals surface area contributed by atoms with Gasteiger partial charge in [0.2, 0.25) is 11.0 Å². The molecular formula is C12H18N4O3S2. The van der Waals surface area contributed by atoms with Crippen LogP contribution in [0.1, 0.15) is 12.2 Å². The summed E-state index contributed by atoms with van der Waals surface area (Å²) >= 11 is 2.53. The Kier molecular flexibility index (Phi) is 5.80. The van der Waals surface area contributed by atoms with Gasteiger partial charge in [0.15, 0.2) is 0 Å². The summed E-state index contributed by atoms with van der Waals surface area (Å²) in [6.45, 7) is 4.82. The molecule has 0 aliphatic carbocycles. The van der Waals surface area contributed by atoms with Crippen molar-refractivity contribution in [3.8, 4) is 0 Å². The highest BCUT2D eigenvalue weighted by atomic mass is 32.2. The highest BCUT2D eigenvalue weighted by Crippen LogP contribution is 2.19. The van der Waals surface area contributed by atoms with E-state index in [9.17, 15) is 9.59 Å². The average Bonchev–Trinajstić information content (AvgIpc) is 2.73. The highest BCUT2D eigenvalue weighted by Gasteiger charge is 2.21. The fourth-order valence-electron chi connectivity index (χ4n) is 2.09. The number of thioether (sulfide) groups is 1. The van der Waals surface area contributed by atoms with Gasteiger partial charge in [0, 0.05) is 37.7 Å². The molecule has 7 nitrogen and oxygen atoms in total. The number of aryl methyl sites for hydroxylation is 1. The number of hydrogen-bond acceptors (Lipinski definition) is 7. The van der Waals surface area contributed by atoms with Crippen LogP contribution >= 0.6 is 23.3 Å². The van der Waals surface area contributed by atoms with E-state index < -0.39 is 5.97 Å². The van der Waals surface area contributed by atoms with E-state index in [1.54, 1.807) is 0 Å². The fourth-order valence-corrected chi connectivity index (χ4v) is 3.45. The van der Waals surface area contributed by atoms with Gasteiger partial charge in [0.1, 0.15) is 5.82 Å². The molecule has 1 aliphatic heterocycles. The monoisotopic (exact) mass is 330 g/mol. The number of aliphatic carboxylic acids is 1. The lowest BCUT2D eigenvalue weighted by Crippen LogP contribution is -2.36. The number of carboxylic acids is 1. The van der Waals surface area contributed by atoms with Gasteiger partial charge in [-0.2, -0.15) is 4.37 Å². The van der Waals surface area contributed by atoms with Crippen molar-refractivity contribution >= 4 is 40.3 Å². The molecule has 1 N–H and O–H groups in total. The minimum Gasteiger partial charge on any atom is -0.481 e. The van der Waals surface area contributed by atoms with Gasteiger partial charge in [-0.3, -0.25) is 9.59 Å². The standard InChI is InChI=1S/C12H18N4O3S2/c1-9-13-12(21-14-9)16-4-2-3-15(5-6-16)10(17)7-20-8-11(18)19/h2-8H2,1H3,(H,18,19). The van der Waals surface area contributed by atoms with E-state index in [4.69, 9.17) is 5.11 Å². The lowest BCUT2D eigenvalue weighted by atomic mass is 10.4. The molecule has 1 fully saturated rings. The van der Waals surface area contributed by atoms with Gasteiger partial charge >= 0.3 is 5.97 Å². The molecule has 21 heavy (non-hydrogen) atoms. The van der Waals surface area contributed by atoms with Crippen molar-refractivity contribution in [2.24, 2.45) is 0 Å². The summed E-state index contributed by atoms with van der Waals surface area (Å²) in [7, 11) is 0. The maximum atomic E-state index is 12.0. The first kappa shape index (κ1) is 16.0. The van der Waals surface area contributed by atoms with Crippen LogP contribution < -0.4 is 4.90 Å². The Balaban J connectivity index is 1.82. The molecule has 2 heterocycles. The Bertz CT molecular complexity index is 508. The minimum absolute atomic E-state index is 0.0107. The second kappa shape index (κ2) is 7.60. The average molecular weight is 330 g/mol.